The van der Waals surface area contributed by atoms with Gasteiger partial charge < -0.3 is 4.74 Å². The third kappa shape index (κ3) is 2.42. The topological polar surface area (TPSA) is 86.5 Å². The molecule has 4 rings (SSSR count). The highest BCUT2D eigenvalue weighted by atomic mass is 35.5. The van der Waals surface area contributed by atoms with Crippen LogP contribution >= 0.6 is 11.6 Å². The van der Waals surface area contributed by atoms with E-state index in [1.54, 1.807) is 48.5 Å². The van der Waals surface area contributed by atoms with Crippen LogP contribution in [0, 0.1) is 10.1 Å². The summed E-state index contributed by atoms with van der Waals surface area (Å²) in [4.78, 5) is 37.0. The van der Waals surface area contributed by atoms with E-state index in [1.807, 2.05) is 0 Å². The van der Waals surface area contributed by atoms with Crippen LogP contribution < -0.4 is 0 Å². The molecule has 130 valence electrons. The molecule has 0 saturated heterocycles. The first-order valence-electron chi connectivity index (χ1n) is 7.93. The monoisotopic (exact) mass is 369 g/mol. The summed E-state index contributed by atoms with van der Waals surface area (Å²) >= 11 is 5.91. The van der Waals surface area contributed by atoms with E-state index in [0.29, 0.717) is 10.6 Å². The van der Waals surface area contributed by atoms with Gasteiger partial charge in [-0.3, -0.25) is 19.7 Å². The summed E-state index contributed by atoms with van der Waals surface area (Å²) < 4.78 is 5.41. The van der Waals surface area contributed by atoms with Gasteiger partial charge in [-0.1, -0.05) is 48.0 Å². The number of carbonyl (C=O) groups is 2. The predicted molar refractivity (Wildman–Crippen MR) is 93.1 cm³/mol. The van der Waals surface area contributed by atoms with E-state index < -0.39 is 28.4 Å². The summed E-state index contributed by atoms with van der Waals surface area (Å²) in [5.74, 6) is -1.81. The van der Waals surface area contributed by atoms with Crippen LogP contribution in [0.3, 0.4) is 0 Å². The zero-order chi connectivity index (χ0) is 18.4. The molecule has 1 heterocycles. The summed E-state index contributed by atoms with van der Waals surface area (Å²) in [7, 11) is 0. The lowest BCUT2D eigenvalue weighted by molar-refractivity contribution is -0.529. The minimum absolute atomic E-state index is 0.0453. The van der Waals surface area contributed by atoms with Gasteiger partial charge in [0, 0.05) is 21.1 Å². The molecule has 0 saturated carbocycles. The number of ketones is 2. The molecule has 6 nitrogen and oxygen atoms in total. The van der Waals surface area contributed by atoms with E-state index >= 15 is 0 Å². The maximum atomic E-state index is 13.1. The first kappa shape index (κ1) is 16.5. The molecule has 2 aromatic carbocycles. The molecule has 1 aliphatic carbocycles. The smallest absolute Gasteiger partial charge is 0.257 e. The Bertz CT molecular complexity index is 980. The van der Waals surface area contributed by atoms with E-state index in [2.05, 4.69) is 0 Å². The molecule has 0 bridgehead atoms. The molecule has 26 heavy (non-hydrogen) atoms. The lowest BCUT2D eigenvalue weighted by Crippen LogP contribution is -2.42. The van der Waals surface area contributed by atoms with Crippen molar-refractivity contribution >= 4 is 23.2 Å². The van der Waals surface area contributed by atoms with Gasteiger partial charge in [0.05, 0.1) is 11.5 Å². The van der Waals surface area contributed by atoms with Crippen molar-refractivity contribution in [3.63, 3.8) is 0 Å². The highest BCUT2D eigenvalue weighted by Crippen LogP contribution is 2.41. The fourth-order valence-electron chi connectivity index (χ4n) is 3.50. The van der Waals surface area contributed by atoms with Crippen LogP contribution in [-0.4, -0.2) is 29.1 Å². The Morgan fingerprint density at radius 3 is 2.23 bits per heavy atom. The zero-order valence-corrected chi connectivity index (χ0v) is 14.1. The summed E-state index contributed by atoms with van der Waals surface area (Å²) in [6.45, 7) is -0.277. The molecule has 0 amide bonds. The van der Waals surface area contributed by atoms with Crippen molar-refractivity contribution in [1.29, 1.82) is 0 Å². The number of nitrogens with zero attached hydrogens (tertiary/aromatic N) is 1. The van der Waals surface area contributed by atoms with Crippen LogP contribution in [0.1, 0.15) is 32.2 Å². The molecule has 0 radical (unpaired) electrons. The molecule has 1 aliphatic heterocycles. The average Bonchev–Trinajstić information content (AvgIpc) is 2.65. The Morgan fingerprint density at radius 1 is 1.00 bits per heavy atom. The van der Waals surface area contributed by atoms with Gasteiger partial charge in [0.1, 0.15) is 0 Å². The molecule has 2 aliphatic rings. The second kappa shape index (κ2) is 6.07. The molecular formula is C19H12ClNO5. The van der Waals surface area contributed by atoms with Crippen LogP contribution in [0.5, 0.6) is 0 Å². The van der Waals surface area contributed by atoms with Crippen molar-refractivity contribution in [3.8, 4) is 0 Å². The maximum absolute atomic E-state index is 13.1. The summed E-state index contributed by atoms with van der Waals surface area (Å²) in [6, 6.07) is 11.7. The standard InChI is InChI=1S/C19H12ClNO5/c20-11-7-5-10(6-8-11)15-14(21(24)25)9-26-19-16(15)17(22)12-3-1-2-4-13(12)18(19)23/h1-8,14-15H,9H2/t14-,15+/m0/s1. The fraction of sp³-hybridized carbons (Fsp3) is 0.158. The number of allylic oxidation sites excluding steroid dienone is 1. The SMILES string of the molecule is O=C1C2=C(C(=O)c3ccccc31)[C@H](c1ccc(Cl)cc1)[C@@H]([N+](=O)[O-])CO2. The summed E-state index contributed by atoms with van der Waals surface area (Å²) in [5.41, 5.74) is 1.09. The number of rotatable bonds is 2. The van der Waals surface area contributed by atoms with Crippen LogP contribution in [0.15, 0.2) is 59.9 Å². The highest BCUT2D eigenvalue weighted by Gasteiger charge is 2.48. The molecule has 0 aromatic heterocycles. The Morgan fingerprint density at radius 2 is 1.62 bits per heavy atom. The maximum Gasteiger partial charge on any atom is 0.257 e. The molecule has 2 aromatic rings. The Labute approximate surface area is 153 Å². The lowest BCUT2D eigenvalue weighted by Gasteiger charge is -2.32. The number of carbonyl (C=O) groups excluding carboxylic acids is 2. The molecule has 0 fully saturated rings. The third-order valence-electron chi connectivity index (χ3n) is 4.71. The molecule has 0 spiro atoms. The minimum Gasteiger partial charge on any atom is -0.482 e. The first-order chi connectivity index (χ1) is 12.5. The van der Waals surface area contributed by atoms with Crippen LogP contribution in [0.4, 0.5) is 0 Å². The summed E-state index contributed by atoms with van der Waals surface area (Å²) in [5, 5.41) is 12.1. The van der Waals surface area contributed by atoms with Gasteiger partial charge >= 0.3 is 0 Å². The molecule has 0 unspecified atom stereocenters. The van der Waals surface area contributed by atoms with Crippen molar-refractivity contribution in [2.45, 2.75) is 12.0 Å². The van der Waals surface area contributed by atoms with Gasteiger partial charge in [-0.2, -0.15) is 0 Å². The Balaban J connectivity index is 1.93. The quantitative estimate of drug-likeness (QED) is 0.598. The zero-order valence-electron chi connectivity index (χ0n) is 13.3. The number of Topliss-reactive ketones (excluding diaryl/α,β-unsaturated/α-hetero) is 2. The van der Waals surface area contributed by atoms with Gasteiger partial charge in [-0.05, 0) is 17.7 Å². The van der Waals surface area contributed by atoms with E-state index in [4.69, 9.17) is 16.3 Å². The van der Waals surface area contributed by atoms with E-state index in [-0.39, 0.29) is 29.1 Å². The number of halogens is 1. The molecule has 7 heteroatoms. The Kier molecular flexibility index (Phi) is 3.85. The average molecular weight is 370 g/mol. The minimum atomic E-state index is -1.17. The van der Waals surface area contributed by atoms with Crippen LogP contribution in [-0.2, 0) is 4.74 Å². The van der Waals surface area contributed by atoms with Crippen molar-refractivity contribution in [2.24, 2.45) is 0 Å². The largest absolute Gasteiger partial charge is 0.482 e. The number of ether oxygens (including phenoxy) is 1. The number of benzene rings is 2. The van der Waals surface area contributed by atoms with E-state index in [1.165, 1.54) is 0 Å². The number of hydrogen-bond acceptors (Lipinski definition) is 5. The van der Waals surface area contributed by atoms with Crippen molar-refractivity contribution in [3.05, 3.63) is 91.7 Å². The second-order valence-corrected chi connectivity index (χ2v) is 6.58. The predicted octanol–water partition coefficient (Wildman–Crippen LogP) is 3.43. The van der Waals surface area contributed by atoms with Gasteiger partial charge in [-0.15, -0.1) is 0 Å². The first-order valence-corrected chi connectivity index (χ1v) is 8.31. The van der Waals surface area contributed by atoms with Crippen molar-refractivity contribution in [2.75, 3.05) is 6.61 Å². The number of hydrogen-bond donors (Lipinski definition) is 0. The highest BCUT2D eigenvalue weighted by molar-refractivity contribution is 6.30. The number of fused-ring (bicyclic) bond motifs is 1. The number of nitro groups is 1. The van der Waals surface area contributed by atoms with E-state index in [9.17, 15) is 19.7 Å². The lowest BCUT2D eigenvalue weighted by atomic mass is 9.75. The van der Waals surface area contributed by atoms with Crippen molar-refractivity contribution in [1.82, 2.24) is 0 Å². The summed E-state index contributed by atoms with van der Waals surface area (Å²) in [6.07, 6.45) is 0. The normalized spacial score (nSPS) is 21.7. The van der Waals surface area contributed by atoms with Crippen LogP contribution in [0.25, 0.3) is 0 Å². The van der Waals surface area contributed by atoms with Crippen molar-refractivity contribution < 1.29 is 19.2 Å². The molecule has 0 N–H and O–H groups in total. The fourth-order valence-corrected chi connectivity index (χ4v) is 3.62. The Hall–Kier alpha value is -2.99. The molecular weight excluding hydrogens is 358 g/mol. The van der Waals surface area contributed by atoms with Gasteiger partial charge in [0.2, 0.25) is 5.78 Å². The third-order valence-corrected chi connectivity index (χ3v) is 4.96. The second-order valence-electron chi connectivity index (χ2n) is 6.14. The van der Waals surface area contributed by atoms with Crippen LogP contribution in [0.2, 0.25) is 5.02 Å². The molecule has 2 atom stereocenters. The van der Waals surface area contributed by atoms with Gasteiger partial charge in [0.15, 0.2) is 18.1 Å². The van der Waals surface area contributed by atoms with E-state index in [0.717, 1.165) is 0 Å². The van der Waals surface area contributed by atoms with Gasteiger partial charge in [-0.25, -0.2) is 0 Å². The van der Waals surface area contributed by atoms with Gasteiger partial charge in [0.25, 0.3) is 6.04 Å².